The fraction of sp³-hybridized carbons (Fsp3) is 0.300. The minimum Gasteiger partial charge on any atom is -0.461 e. The van der Waals surface area contributed by atoms with E-state index in [4.69, 9.17) is 4.42 Å². The number of benzene rings is 1. The van der Waals surface area contributed by atoms with Crippen LogP contribution in [0.4, 0.5) is 0 Å². The number of hydrogen-bond acceptors (Lipinski definition) is 4. The number of aromatic amines is 2. The lowest BCUT2D eigenvalue weighted by atomic mass is 9.89. The highest BCUT2D eigenvalue weighted by molar-refractivity contribution is 6.06. The summed E-state index contributed by atoms with van der Waals surface area (Å²) in [4.78, 5) is 31.9. The van der Waals surface area contributed by atoms with E-state index in [1.54, 1.807) is 12.1 Å². The molecule has 0 amide bonds. The highest BCUT2D eigenvalue weighted by atomic mass is 35.5. The average molecular weight is 388 g/mol. The Balaban J connectivity index is 0.00000210. The number of carbonyl (C=O) groups excluding carboxylic acids is 1. The van der Waals surface area contributed by atoms with Crippen LogP contribution in [0.5, 0.6) is 0 Å². The van der Waals surface area contributed by atoms with Crippen molar-refractivity contribution in [2.75, 3.05) is 13.1 Å². The molecule has 3 heterocycles. The lowest BCUT2D eigenvalue weighted by Gasteiger charge is -2.32. The van der Waals surface area contributed by atoms with Crippen LogP contribution >= 0.6 is 12.4 Å². The first-order valence-electron chi connectivity index (χ1n) is 8.87. The van der Waals surface area contributed by atoms with Crippen LogP contribution in [0.1, 0.15) is 46.3 Å². The second-order valence-electron chi connectivity index (χ2n) is 6.70. The predicted molar refractivity (Wildman–Crippen MR) is 104 cm³/mol. The number of H-pyrrole nitrogens is 2. The second kappa shape index (κ2) is 8.41. The molecule has 0 saturated carbocycles. The van der Waals surface area contributed by atoms with Crippen molar-refractivity contribution >= 4 is 18.2 Å². The van der Waals surface area contributed by atoms with Crippen molar-refractivity contribution in [1.82, 2.24) is 14.9 Å². The zero-order valence-electron chi connectivity index (χ0n) is 14.8. The summed E-state index contributed by atoms with van der Waals surface area (Å²) in [6.45, 7) is 2.41. The molecule has 3 aromatic rings. The van der Waals surface area contributed by atoms with Gasteiger partial charge in [-0.25, -0.2) is 4.79 Å². The molecule has 27 heavy (non-hydrogen) atoms. The van der Waals surface area contributed by atoms with Crippen molar-refractivity contribution in [3.05, 3.63) is 81.9 Å². The van der Waals surface area contributed by atoms with E-state index in [9.17, 15) is 9.59 Å². The molecule has 1 saturated heterocycles. The molecule has 1 aromatic carbocycles. The molecule has 1 aliphatic heterocycles. The molecule has 0 unspecified atom stereocenters. The first-order valence-corrected chi connectivity index (χ1v) is 8.87. The molecule has 2 N–H and O–H groups in total. The van der Waals surface area contributed by atoms with Gasteiger partial charge in [-0.1, -0.05) is 30.3 Å². The highest BCUT2D eigenvalue weighted by Gasteiger charge is 2.24. The normalized spacial score (nSPS) is 15.4. The van der Waals surface area contributed by atoms with Crippen LogP contribution in [-0.4, -0.2) is 33.7 Å². The van der Waals surface area contributed by atoms with Crippen LogP contribution in [0.2, 0.25) is 0 Å². The fourth-order valence-corrected chi connectivity index (χ4v) is 3.64. The molecule has 0 aliphatic carbocycles. The second-order valence-corrected chi connectivity index (χ2v) is 6.70. The van der Waals surface area contributed by atoms with Gasteiger partial charge in [0.25, 0.3) is 0 Å². The molecule has 0 radical (unpaired) electrons. The van der Waals surface area contributed by atoms with E-state index < -0.39 is 0 Å². The van der Waals surface area contributed by atoms with Crippen molar-refractivity contribution in [1.29, 1.82) is 0 Å². The van der Waals surface area contributed by atoms with Crippen LogP contribution in [0.3, 0.4) is 0 Å². The van der Waals surface area contributed by atoms with Gasteiger partial charge in [-0.3, -0.25) is 9.69 Å². The van der Waals surface area contributed by atoms with Crippen LogP contribution in [-0.2, 0) is 6.54 Å². The highest BCUT2D eigenvalue weighted by Crippen LogP contribution is 2.28. The monoisotopic (exact) mass is 387 g/mol. The number of halogens is 1. The molecule has 7 heteroatoms. The SMILES string of the molecule is Cl.O=C(c1ccco1)c1[nH]c(=O)[nH]c1CN1CCC(c2ccccc2)CC1. The van der Waals surface area contributed by atoms with Crippen molar-refractivity contribution in [3.63, 3.8) is 0 Å². The summed E-state index contributed by atoms with van der Waals surface area (Å²) in [5.74, 6) is 0.494. The van der Waals surface area contributed by atoms with E-state index in [1.165, 1.54) is 11.8 Å². The summed E-state index contributed by atoms with van der Waals surface area (Å²) in [6.07, 6.45) is 3.59. The van der Waals surface area contributed by atoms with Gasteiger partial charge in [0.2, 0.25) is 5.78 Å². The maximum atomic E-state index is 12.5. The van der Waals surface area contributed by atoms with Crippen LogP contribution < -0.4 is 5.69 Å². The zero-order chi connectivity index (χ0) is 17.9. The Morgan fingerprint density at radius 2 is 1.81 bits per heavy atom. The molecule has 6 nitrogen and oxygen atoms in total. The molecule has 142 valence electrons. The minimum absolute atomic E-state index is 0. The Morgan fingerprint density at radius 1 is 1.07 bits per heavy atom. The quantitative estimate of drug-likeness (QED) is 0.658. The average Bonchev–Trinajstić information content (AvgIpc) is 3.33. The smallest absolute Gasteiger partial charge is 0.323 e. The molecule has 1 fully saturated rings. The van der Waals surface area contributed by atoms with Gasteiger partial charge in [0.05, 0.1) is 12.0 Å². The van der Waals surface area contributed by atoms with Gasteiger partial charge >= 0.3 is 5.69 Å². The molecule has 0 atom stereocenters. The largest absolute Gasteiger partial charge is 0.461 e. The Bertz CT molecular complexity index is 923. The predicted octanol–water partition coefficient (Wildman–Crippen LogP) is 3.33. The van der Waals surface area contributed by atoms with E-state index in [2.05, 4.69) is 39.1 Å². The number of imidazole rings is 1. The number of aromatic nitrogens is 2. The lowest BCUT2D eigenvalue weighted by molar-refractivity contribution is 0.100. The van der Waals surface area contributed by atoms with E-state index in [0.29, 0.717) is 18.2 Å². The van der Waals surface area contributed by atoms with Gasteiger partial charge in [-0.05, 0) is 49.5 Å². The third-order valence-corrected chi connectivity index (χ3v) is 5.02. The fourth-order valence-electron chi connectivity index (χ4n) is 3.64. The van der Waals surface area contributed by atoms with Gasteiger partial charge < -0.3 is 14.4 Å². The van der Waals surface area contributed by atoms with Gasteiger partial charge in [-0.15, -0.1) is 12.4 Å². The maximum Gasteiger partial charge on any atom is 0.323 e. The van der Waals surface area contributed by atoms with Crippen molar-refractivity contribution in [2.24, 2.45) is 0 Å². The molecule has 1 aliphatic rings. The number of carbonyl (C=O) groups is 1. The van der Waals surface area contributed by atoms with E-state index in [-0.39, 0.29) is 35.3 Å². The van der Waals surface area contributed by atoms with Crippen LogP contribution in [0, 0.1) is 0 Å². The number of likely N-dealkylation sites (tertiary alicyclic amines) is 1. The van der Waals surface area contributed by atoms with Crippen molar-refractivity contribution < 1.29 is 9.21 Å². The summed E-state index contributed by atoms with van der Waals surface area (Å²) >= 11 is 0. The standard InChI is InChI=1S/C20H21N3O3.ClH/c24-19(17-7-4-12-26-17)18-16(21-20(25)22-18)13-23-10-8-15(9-11-23)14-5-2-1-3-6-14;/h1-7,12,15H,8-11,13H2,(H2,21,22,25);1H. The Morgan fingerprint density at radius 3 is 2.48 bits per heavy atom. The van der Waals surface area contributed by atoms with Gasteiger partial charge in [0, 0.05) is 6.54 Å². The summed E-state index contributed by atoms with van der Waals surface area (Å²) in [5, 5.41) is 0. The summed E-state index contributed by atoms with van der Waals surface area (Å²) < 4.78 is 5.17. The van der Waals surface area contributed by atoms with Crippen molar-refractivity contribution in [2.45, 2.75) is 25.3 Å². The van der Waals surface area contributed by atoms with E-state index in [0.717, 1.165) is 25.9 Å². The van der Waals surface area contributed by atoms with E-state index >= 15 is 0 Å². The summed E-state index contributed by atoms with van der Waals surface area (Å²) in [5.41, 5.74) is 1.93. The summed E-state index contributed by atoms with van der Waals surface area (Å²) in [6, 6.07) is 13.8. The van der Waals surface area contributed by atoms with Crippen LogP contribution in [0.25, 0.3) is 0 Å². The van der Waals surface area contributed by atoms with Gasteiger partial charge in [0.1, 0.15) is 5.69 Å². The van der Waals surface area contributed by atoms with Gasteiger partial charge in [0.15, 0.2) is 5.76 Å². The Hall–Kier alpha value is -2.57. The maximum absolute atomic E-state index is 12.5. The van der Waals surface area contributed by atoms with Crippen molar-refractivity contribution in [3.8, 4) is 0 Å². The Kier molecular flexibility index (Phi) is 5.98. The first kappa shape index (κ1) is 19.2. The zero-order valence-corrected chi connectivity index (χ0v) is 15.6. The number of ketones is 1. The molecule has 0 bridgehead atoms. The molecular weight excluding hydrogens is 366 g/mol. The lowest BCUT2D eigenvalue weighted by Crippen LogP contribution is -2.33. The number of nitrogens with one attached hydrogen (secondary N) is 2. The molecular formula is C20H22ClN3O3. The number of furan rings is 1. The molecule has 4 rings (SSSR count). The van der Waals surface area contributed by atoms with E-state index in [1.807, 2.05) is 6.07 Å². The number of hydrogen-bond donors (Lipinski definition) is 2. The first-order chi connectivity index (χ1) is 12.7. The van der Waals surface area contributed by atoms with Gasteiger partial charge in [-0.2, -0.15) is 0 Å². The third kappa shape index (κ3) is 4.23. The molecule has 0 spiro atoms. The summed E-state index contributed by atoms with van der Waals surface area (Å²) in [7, 11) is 0. The minimum atomic E-state index is -0.367. The number of rotatable bonds is 5. The topological polar surface area (TPSA) is 82.1 Å². The third-order valence-electron chi connectivity index (χ3n) is 5.02. The Labute approximate surface area is 163 Å². The van der Waals surface area contributed by atoms with Crippen LogP contribution in [0.15, 0.2) is 57.9 Å². The number of nitrogens with zero attached hydrogens (tertiary/aromatic N) is 1. The number of piperidine rings is 1. The molecule has 2 aromatic heterocycles.